The lowest BCUT2D eigenvalue weighted by Gasteiger charge is -2.23. The van der Waals surface area contributed by atoms with Gasteiger partial charge in [-0.2, -0.15) is 0 Å². The van der Waals surface area contributed by atoms with Crippen LogP contribution in [-0.4, -0.2) is 58.3 Å². The number of hydrogen-bond acceptors (Lipinski definition) is 4. The second-order valence-electron chi connectivity index (χ2n) is 6.96. The maximum Gasteiger partial charge on any atom is 0.211 e. The van der Waals surface area contributed by atoms with E-state index in [4.69, 9.17) is 0 Å². The lowest BCUT2D eigenvalue weighted by molar-refractivity contribution is 0.329. The minimum absolute atomic E-state index is 0.00888. The minimum atomic E-state index is -3.16. The van der Waals surface area contributed by atoms with Crippen LogP contribution < -0.4 is 10.0 Å². The highest BCUT2D eigenvalue weighted by Gasteiger charge is 2.21. The van der Waals surface area contributed by atoms with E-state index in [1.54, 1.807) is 0 Å². The zero-order valence-electron chi connectivity index (χ0n) is 14.1. The summed E-state index contributed by atoms with van der Waals surface area (Å²) in [6.07, 6.45) is 5.09. The summed E-state index contributed by atoms with van der Waals surface area (Å²) in [5.74, 6) is 0.724. The topological polar surface area (TPSA) is 61.4 Å². The second kappa shape index (κ2) is 9.08. The average Bonchev–Trinajstić information content (AvgIpc) is 3.09. The van der Waals surface area contributed by atoms with Crippen LogP contribution in [0.25, 0.3) is 0 Å². The summed E-state index contributed by atoms with van der Waals surface area (Å²) in [7, 11) is 0.793. The first-order valence-electron chi connectivity index (χ1n) is 8.16. The summed E-state index contributed by atoms with van der Waals surface area (Å²) in [5, 5.41) is 3.41. The van der Waals surface area contributed by atoms with Crippen molar-refractivity contribution in [2.45, 2.75) is 58.0 Å². The second-order valence-corrected chi connectivity index (χ2v) is 8.83. The summed E-state index contributed by atoms with van der Waals surface area (Å²) >= 11 is 0. The molecule has 0 aromatic rings. The predicted octanol–water partition coefficient (Wildman–Crippen LogP) is 1.41. The number of likely N-dealkylation sites (N-methyl/N-ethyl adjacent to an activating group) is 1. The molecule has 1 unspecified atom stereocenters. The standard InChI is InChI=1S/C15H33N3O2S/c1-13(2)11-15(12-18(3)4)17-21(19,20)10-6-5-9-16-14-7-8-14/h13-17H,5-12H2,1-4H3. The Balaban J connectivity index is 2.28. The lowest BCUT2D eigenvalue weighted by Crippen LogP contribution is -2.43. The van der Waals surface area contributed by atoms with E-state index >= 15 is 0 Å². The molecule has 0 heterocycles. The van der Waals surface area contributed by atoms with E-state index in [-0.39, 0.29) is 11.8 Å². The highest BCUT2D eigenvalue weighted by Crippen LogP contribution is 2.18. The maximum atomic E-state index is 12.2. The van der Waals surface area contributed by atoms with Gasteiger partial charge in [-0.1, -0.05) is 13.8 Å². The van der Waals surface area contributed by atoms with E-state index in [0.29, 0.717) is 12.0 Å². The van der Waals surface area contributed by atoms with Crippen LogP contribution in [0.1, 0.15) is 46.0 Å². The van der Waals surface area contributed by atoms with E-state index in [9.17, 15) is 8.42 Å². The normalized spacial score (nSPS) is 17.6. The molecular weight excluding hydrogens is 286 g/mol. The molecule has 2 N–H and O–H groups in total. The van der Waals surface area contributed by atoms with Crippen LogP contribution in [0.3, 0.4) is 0 Å². The molecular formula is C15H33N3O2S. The summed E-state index contributed by atoms with van der Waals surface area (Å²) in [5.41, 5.74) is 0. The summed E-state index contributed by atoms with van der Waals surface area (Å²) in [6.45, 7) is 5.94. The van der Waals surface area contributed by atoms with Crippen molar-refractivity contribution >= 4 is 10.0 Å². The molecule has 1 aliphatic carbocycles. The largest absolute Gasteiger partial charge is 0.314 e. The van der Waals surface area contributed by atoms with Gasteiger partial charge in [-0.05, 0) is 58.7 Å². The van der Waals surface area contributed by atoms with Crippen molar-refractivity contribution in [3.05, 3.63) is 0 Å². The van der Waals surface area contributed by atoms with Gasteiger partial charge in [0.2, 0.25) is 10.0 Å². The molecule has 0 aromatic carbocycles. The van der Waals surface area contributed by atoms with Gasteiger partial charge in [0.1, 0.15) is 0 Å². The fourth-order valence-electron chi connectivity index (χ4n) is 2.49. The summed E-state index contributed by atoms with van der Waals surface area (Å²) < 4.78 is 27.2. The third kappa shape index (κ3) is 10.2. The zero-order chi connectivity index (χ0) is 15.9. The molecule has 5 nitrogen and oxygen atoms in total. The molecule has 6 heteroatoms. The van der Waals surface area contributed by atoms with Crippen molar-refractivity contribution in [2.24, 2.45) is 5.92 Å². The van der Waals surface area contributed by atoms with Gasteiger partial charge in [0.15, 0.2) is 0 Å². The Morgan fingerprint density at radius 2 is 1.86 bits per heavy atom. The van der Waals surface area contributed by atoms with Crippen LogP contribution in [0.4, 0.5) is 0 Å². The number of sulfonamides is 1. The Morgan fingerprint density at radius 1 is 1.19 bits per heavy atom. The first kappa shape index (κ1) is 18.9. The third-order valence-corrected chi connectivity index (χ3v) is 5.06. The number of nitrogens with zero attached hydrogens (tertiary/aromatic N) is 1. The van der Waals surface area contributed by atoms with Gasteiger partial charge in [0.05, 0.1) is 5.75 Å². The van der Waals surface area contributed by atoms with Gasteiger partial charge in [-0.25, -0.2) is 13.1 Å². The number of unbranched alkanes of at least 4 members (excludes halogenated alkanes) is 1. The van der Waals surface area contributed by atoms with Crippen molar-refractivity contribution in [3.63, 3.8) is 0 Å². The monoisotopic (exact) mass is 319 g/mol. The predicted molar refractivity (Wildman–Crippen MR) is 89.0 cm³/mol. The summed E-state index contributed by atoms with van der Waals surface area (Å²) in [6, 6.07) is 0.713. The number of nitrogens with one attached hydrogen (secondary N) is 2. The smallest absolute Gasteiger partial charge is 0.211 e. The zero-order valence-corrected chi connectivity index (χ0v) is 14.9. The van der Waals surface area contributed by atoms with Gasteiger partial charge in [-0.15, -0.1) is 0 Å². The maximum absolute atomic E-state index is 12.2. The van der Waals surface area contributed by atoms with Gasteiger partial charge >= 0.3 is 0 Å². The molecule has 0 amide bonds. The summed E-state index contributed by atoms with van der Waals surface area (Å²) in [4.78, 5) is 2.04. The molecule has 1 atom stereocenters. The Bertz CT molecular complexity index is 368. The third-order valence-electron chi connectivity index (χ3n) is 3.54. The molecule has 0 bridgehead atoms. The minimum Gasteiger partial charge on any atom is -0.314 e. The Kier molecular flexibility index (Phi) is 8.16. The fraction of sp³-hybridized carbons (Fsp3) is 1.00. The SMILES string of the molecule is CC(C)CC(CN(C)C)NS(=O)(=O)CCCCNC1CC1. The highest BCUT2D eigenvalue weighted by atomic mass is 32.2. The van der Waals surface area contributed by atoms with Gasteiger partial charge < -0.3 is 10.2 Å². The molecule has 0 aliphatic heterocycles. The molecule has 0 radical (unpaired) electrons. The lowest BCUT2D eigenvalue weighted by atomic mass is 10.0. The van der Waals surface area contributed by atoms with Crippen molar-refractivity contribution in [3.8, 4) is 0 Å². The van der Waals surface area contributed by atoms with Crippen LogP contribution in [0, 0.1) is 5.92 Å². The van der Waals surface area contributed by atoms with Crippen molar-refractivity contribution < 1.29 is 8.42 Å². The van der Waals surface area contributed by atoms with E-state index in [1.807, 2.05) is 19.0 Å². The Morgan fingerprint density at radius 3 is 2.38 bits per heavy atom. The number of hydrogen-bond donors (Lipinski definition) is 2. The molecule has 1 rings (SSSR count). The van der Waals surface area contributed by atoms with Gasteiger partial charge in [0, 0.05) is 18.6 Å². The van der Waals surface area contributed by atoms with Gasteiger partial charge in [0.25, 0.3) is 0 Å². The van der Waals surface area contributed by atoms with E-state index < -0.39 is 10.0 Å². The molecule has 1 fully saturated rings. The molecule has 0 spiro atoms. The first-order chi connectivity index (χ1) is 9.78. The van der Waals surface area contributed by atoms with Crippen molar-refractivity contribution in [1.29, 1.82) is 0 Å². The highest BCUT2D eigenvalue weighted by molar-refractivity contribution is 7.89. The number of rotatable bonds is 12. The van der Waals surface area contributed by atoms with Crippen molar-refractivity contribution in [1.82, 2.24) is 14.9 Å². The van der Waals surface area contributed by atoms with E-state index in [2.05, 4.69) is 23.9 Å². The van der Waals surface area contributed by atoms with Crippen LogP contribution in [0.15, 0.2) is 0 Å². The van der Waals surface area contributed by atoms with E-state index in [1.165, 1.54) is 12.8 Å². The van der Waals surface area contributed by atoms with Crippen LogP contribution in [0.5, 0.6) is 0 Å². The quantitative estimate of drug-likeness (QED) is 0.534. The Labute approximate surface area is 130 Å². The molecule has 1 aliphatic rings. The molecule has 0 saturated heterocycles. The van der Waals surface area contributed by atoms with Crippen molar-refractivity contribution in [2.75, 3.05) is 32.9 Å². The Hall–Kier alpha value is -0.170. The fourth-order valence-corrected chi connectivity index (χ4v) is 3.87. The first-order valence-corrected chi connectivity index (χ1v) is 9.82. The molecule has 0 aromatic heterocycles. The molecule has 1 saturated carbocycles. The average molecular weight is 320 g/mol. The van der Waals surface area contributed by atoms with E-state index in [0.717, 1.165) is 32.4 Å². The van der Waals surface area contributed by atoms with Gasteiger partial charge in [-0.3, -0.25) is 0 Å². The molecule has 21 heavy (non-hydrogen) atoms. The molecule has 126 valence electrons. The van der Waals surface area contributed by atoms with Crippen LogP contribution in [-0.2, 0) is 10.0 Å². The van der Waals surface area contributed by atoms with Crippen LogP contribution >= 0.6 is 0 Å². The van der Waals surface area contributed by atoms with Crippen LogP contribution in [0.2, 0.25) is 0 Å².